The lowest BCUT2D eigenvalue weighted by Crippen LogP contribution is -2.60. The average molecular weight is 1540 g/mol. The van der Waals surface area contributed by atoms with E-state index >= 15 is 0 Å². The summed E-state index contributed by atoms with van der Waals surface area (Å²) >= 11 is 0. The number of rotatable bonds is 52. The van der Waals surface area contributed by atoms with Crippen LogP contribution in [0, 0.1) is 29.6 Å². The van der Waals surface area contributed by atoms with Crippen molar-refractivity contribution >= 4 is 76.8 Å². The molecule has 2 aliphatic heterocycles. The zero-order chi connectivity index (χ0) is 80.9. The fraction of sp³-hybridized carbons (Fsp3) is 0.688. The fourth-order valence-corrected chi connectivity index (χ4v) is 13.1. The van der Waals surface area contributed by atoms with E-state index in [0.29, 0.717) is 62.4 Å². The summed E-state index contributed by atoms with van der Waals surface area (Å²) in [7, 11) is 6.07. The number of primary amides is 1. The number of benzene rings is 2. The molecule has 0 bridgehead atoms. The van der Waals surface area contributed by atoms with Gasteiger partial charge < -0.3 is 90.4 Å². The number of aliphatic hydroxyl groups is 1. The van der Waals surface area contributed by atoms with Gasteiger partial charge in [-0.05, 0) is 79.5 Å². The molecule has 2 aromatic rings. The van der Waals surface area contributed by atoms with Crippen molar-refractivity contribution in [1.82, 2.24) is 46.2 Å². The Labute approximate surface area is 642 Å². The molecule has 4 rings (SSSR count). The summed E-state index contributed by atoms with van der Waals surface area (Å²) in [5.41, 5.74) is 6.78. The zero-order valence-electron chi connectivity index (χ0n) is 66.3. The van der Waals surface area contributed by atoms with Crippen molar-refractivity contribution in [3.05, 3.63) is 65.7 Å². The van der Waals surface area contributed by atoms with E-state index < -0.39 is 126 Å². The van der Waals surface area contributed by atoms with Crippen LogP contribution in [0.1, 0.15) is 151 Å². The number of nitrogens with two attached hydrogens (primary N) is 1. The van der Waals surface area contributed by atoms with Gasteiger partial charge in [-0.3, -0.25) is 57.7 Å². The second kappa shape index (κ2) is 49.1. The van der Waals surface area contributed by atoms with E-state index in [1.54, 1.807) is 109 Å². The maximum absolute atomic E-state index is 14.9. The molecule has 2 heterocycles. The molecule has 612 valence electrons. The summed E-state index contributed by atoms with van der Waals surface area (Å²) in [5.74, 6) is -6.37. The third kappa shape index (κ3) is 31.2. The number of imide groups is 1. The van der Waals surface area contributed by atoms with Crippen molar-refractivity contribution in [2.75, 3.05) is 119 Å². The van der Waals surface area contributed by atoms with Gasteiger partial charge in [0.2, 0.25) is 53.2 Å². The Morgan fingerprint density at radius 2 is 1.21 bits per heavy atom. The summed E-state index contributed by atoms with van der Waals surface area (Å²) < 4.78 is 45.2. The second-order valence-electron chi connectivity index (χ2n) is 28.8. The maximum atomic E-state index is 14.9. The molecule has 0 spiro atoms. The molecular weight excluding hydrogens is 1410 g/mol. The molecule has 12 amide bonds. The Bertz CT molecular complexity index is 3190. The van der Waals surface area contributed by atoms with Crippen molar-refractivity contribution < 1.29 is 101 Å². The maximum Gasteiger partial charge on any atom is 0.410 e. The number of carbonyl (C=O) groups is 12. The van der Waals surface area contributed by atoms with Crippen LogP contribution < -0.4 is 37.6 Å². The Hall–Kier alpha value is -8.24. The number of carbonyl (C=O) groups excluding carboxylic acids is 12. The number of anilines is 1. The number of hydrogen-bond donors (Lipinski definition) is 8. The molecule has 109 heavy (non-hydrogen) atoms. The molecule has 2 saturated heterocycles. The highest BCUT2D eigenvalue weighted by molar-refractivity contribution is 6.05. The number of methoxy groups -OCH3 is 2. The number of likely N-dealkylation sites (tertiary alicyclic amines) is 2. The van der Waals surface area contributed by atoms with E-state index in [4.69, 9.17) is 43.6 Å². The van der Waals surface area contributed by atoms with Gasteiger partial charge in [0.05, 0.1) is 121 Å². The molecular formula is C77H123N11O21. The predicted molar refractivity (Wildman–Crippen MR) is 403 cm³/mol. The lowest BCUT2D eigenvalue weighted by atomic mass is 9.89. The van der Waals surface area contributed by atoms with Crippen LogP contribution >= 0.6 is 0 Å². The minimum absolute atomic E-state index is 0.0358. The highest BCUT2D eigenvalue weighted by Crippen LogP contribution is 2.31. The van der Waals surface area contributed by atoms with Gasteiger partial charge >= 0.3 is 12.1 Å². The van der Waals surface area contributed by atoms with Gasteiger partial charge in [0, 0.05) is 72.8 Å². The number of aliphatic hydroxyl groups excluding tert-OH is 1. The number of Topliss-reactive ketones (excluding diaryl/α,β-unsaturated/α-hetero) is 1. The van der Waals surface area contributed by atoms with E-state index in [1.807, 2.05) is 32.0 Å². The normalized spacial score (nSPS) is 16.8. The first-order valence-electron chi connectivity index (χ1n) is 38.0. The quantitative estimate of drug-likeness (QED) is 0.0340. The molecule has 2 fully saturated rings. The van der Waals surface area contributed by atoms with Crippen LogP contribution in [0.5, 0.6) is 0 Å². The van der Waals surface area contributed by atoms with Crippen LogP contribution in [-0.2, 0) is 92.4 Å². The monoisotopic (exact) mass is 1540 g/mol. The number of ketones is 1. The SMILES string of the molecule is CCC(C)[C@@H]([C@@H](CC(=O)N1CCC[C@H]1[C@H](OC)[C@@H](C)C(=O)N[C@H](C)[C@@H](O)c1ccccc1)OC)N(C)C(=O)[C@@H](NC(=O)[C@H](C(C)C)N(C)C(=O)OCc1ccc(NC(=O)[C@H](CCCNC(N)=O)NC(=O)[C@@H](NC(=O)CCOCCOCCOCCOCCOCCC(=O)CN2C(=O)CCC2=O)C(C)C)cc1)C(C)C. The second-order valence-corrected chi connectivity index (χ2v) is 28.8. The number of ether oxygens (including phenoxy) is 8. The topological polar surface area (TPSA) is 410 Å². The van der Waals surface area contributed by atoms with Crippen molar-refractivity contribution in [2.24, 2.45) is 35.3 Å². The van der Waals surface area contributed by atoms with E-state index in [0.717, 1.165) is 4.90 Å². The number of nitrogens with zero attached hydrogens (tertiary/aromatic N) is 4. The smallest absolute Gasteiger partial charge is 0.410 e. The Morgan fingerprint density at radius 1 is 0.642 bits per heavy atom. The Balaban J connectivity index is 1.25. The van der Waals surface area contributed by atoms with E-state index in [2.05, 4.69) is 31.9 Å². The first-order valence-corrected chi connectivity index (χ1v) is 38.0. The molecule has 0 radical (unpaired) electrons. The van der Waals surface area contributed by atoms with Gasteiger partial charge in [-0.1, -0.05) is 111 Å². The van der Waals surface area contributed by atoms with Crippen LogP contribution in [0.2, 0.25) is 0 Å². The highest BCUT2D eigenvalue weighted by atomic mass is 16.6. The van der Waals surface area contributed by atoms with Crippen molar-refractivity contribution in [3.63, 3.8) is 0 Å². The van der Waals surface area contributed by atoms with Crippen LogP contribution in [0.25, 0.3) is 0 Å². The summed E-state index contributed by atoms with van der Waals surface area (Å²) in [4.78, 5) is 164. The first kappa shape index (κ1) is 93.1. The summed E-state index contributed by atoms with van der Waals surface area (Å²) in [6.07, 6.45) is -0.862. The standard InChI is InChI=1S/C77H123N11O21/c1-15-51(8)68(60(102-13)45-64(93)87-34-20-24-59(87)70(103-14)52(9)71(95)80-53(10)69(94)55-21-17-16-18-22-55)85(11)75(99)66(49(4)5)84-74(98)67(50(6)7)86(12)77(101)109-47-54-25-27-56(28-26-54)81-72(96)58(23-19-33-79-76(78)100)82-73(97)65(48(2)3)83-61(90)32-36-105-38-40-107-42-44-108-43-41-106-39-37-104-35-31-57(89)46-88-62(91)29-30-63(88)92/h16-18,21-22,25-28,48-53,58-60,65-70,94H,15,19-20,23-24,29-47H2,1-14H3,(H,80,95)(H,81,96)(H,82,97)(H,83,90)(H,84,98)(H3,78,79,100)/t51?,52-,53-,58+,59+,60-,65+,66+,67+,68+,69-,70-/m1/s1. The molecule has 2 aliphatic rings. The molecule has 0 saturated carbocycles. The van der Waals surface area contributed by atoms with Gasteiger partial charge in [0.15, 0.2) is 5.78 Å². The molecule has 32 heteroatoms. The highest BCUT2D eigenvalue weighted by Gasteiger charge is 2.44. The summed E-state index contributed by atoms with van der Waals surface area (Å²) in [6, 6.07) is 8.62. The van der Waals surface area contributed by atoms with Gasteiger partial charge in [0.25, 0.3) is 0 Å². The molecule has 12 atom stereocenters. The van der Waals surface area contributed by atoms with Gasteiger partial charge in [-0.15, -0.1) is 0 Å². The molecule has 0 aliphatic carbocycles. The van der Waals surface area contributed by atoms with Crippen LogP contribution in [0.3, 0.4) is 0 Å². The van der Waals surface area contributed by atoms with Gasteiger partial charge in [-0.2, -0.15) is 0 Å². The van der Waals surface area contributed by atoms with Crippen molar-refractivity contribution in [1.29, 1.82) is 0 Å². The lowest BCUT2D eigenvalue weighted by Gasteiger charge is -2.41. The third-order valence-corrected chi connectivity index (χ3v) is 19.5. The van der Waals surface area contributed by atoms with Crippen LogP contribution in [-0.4, -0.2) is 264 Å². The average Bonchev–Trinajstić information content (AvgIpc) is 1.78. The fourth-order valence-electron chi connectivity index (χ4n) is 13.1. The number of amides is 12. The first-order chi connectivity index (χ1) is 51.9. The van der Waals surface area contributed by atoms with E-state index in [-0.39, 0.29) is 146 Å². The molecule has 9 N–H and O–H groups in total. The number of urea groups is 1. The lowest BCUT2D eigenvalue weighted by molar-refractivity contribution is -0.148. The number of nitrogens with one attached hydrogen (secondary N) is 6. The van der Waals surface area contributed by atoms with Crippen molar-refractivity contribution in [3.8, 4) is 0 Å². The van der Waals surface area contributed by atoms with Crippen LogP contribution in [0.4, 0.5) is 15.3 Å². The van der Waals surface area contributed by atoms with Crippen molar-refractivity contribution in [2.45, 2.75) is 201 Å². The molecule has 1 unspecified atom stereocenters. The molecule has 2 aromatic carbocycles. The summed E-state index contributed by atoms with van der Waals surface area (Å²) in [5, 5.41) is 27.6. The van der Waals surface area contributed by atoms with Gasteiger partial charge in [-0.25, -0.2) is 9.59 Å². The number of hydrogen-bond acceptors (Lipinski definition) is 21. The zero-order valence-corrected chi connectivity index (χ0v) is 66.3. The Kier molecular flexibility index (Phi) is 42.0. The minimum Gasteiger partial charge on any atom is -0.445 e. The third-order valence-electron chi connectivity index (χ3n) is 19.5. The van der Waals surface area contributed by atoms with E-state index in [1.165, 1.54) is 26.2 Å². The van der Waals surface area contributed by atoms with E-state index in [9.17, 15) is 62.6 Å². The van der Waals surface area contributed by atoms with Gasteiger partial charge in [0.1, 0.15) is 30.8 Å². The Morgan fingerprint density at radius 3 is 1.74 bits per heavy atom. The predicted octanol–water partition coefficient (Wildman–Crippen LogP) is 4.17. The van der Waals surface area contributed by atoms with Crippen LogP contribution in [0.15, 0.2) is 54.6 Å². The minimum atomic E-state index is -1.13. The largest absolute Gasteiger partial charge is 0.445 e. The molecule has 32 nitrogen and oxygen atoms in total. The summed E-state index contributed by atoms with van der Waals surface area (Å²) in [6.45, 7) is 20.4. The molecule has 0 aromatic heterocycles. The number of likely N-dealkylation sites (N-methyl/N-ethyl adjacent to an activating group) is 2.